The number of rotatable bonds is 12. The molecule has 0 aliphatic heterocycles. The van der Waals surface area contributed by atoms with Crippen LogP contribution in [0.25, 0.3) is 77.8 Å². The van der Waals surface area contributed by atoms with Gasteiger partial charge in [0.15, 0.2) is 0 Å². The molecule has 8 nitrogen and oxygen atoms in total. The smallest absolute Gasteiger partial charge is 0.137 e. The Bertz CT molecular complexity index is 3300. The van der Waals surface area contributed by atoms with Crippen molar-refractivity contribution in [2.45, 2.75) is 40.5 Å². The fourth-order valence-corrected chi connectivity index (χ4v) is 9.14. The van der Waals surface area contributed by atoms with Crippen molar-refractivity contribution in [1.29, 1.82) is 0 Å². The first-order chi connectivity index (χ1) is 32.3. The molecule has 11 aromatic rings. The van der Waals surface area contributed by atoms with Gasteiger partial charge in [-0.05, 0) is 109 Å². The molecule has 0 amide bonds. The summed E-state index contributed by atoms with van der Waals surface area (Å²) in [6.45, 7) is 8.92. The van der Waals surface area contributed by atoms with Crippen LogP contribution in [0.4, 0.5) is 0 Å². The Morgan fingerprint density at radius 2 is 0.803 bits per heavy atom. The van der Waals surface area contributed by atoms with Crippen LogP contribution in [-0.2, 0) is 12.8 Å². The summed E-state index contributed by atoms with van der Waals surface area (Å²) in [5.74, 6) is 5.76. The Kier molecular flexibility index (Phi) is 10.5. The molecule has 0 saturated heterocycles. The van der Waals surface area contributed by atoms with Crippen LogP contribution >= 0.6 is 0 Å². The van der Waals surface area contributed by atoms with Crippen LogP contribution in [0.2, 0.25) is 0 Å². The van der Waals surface area contributed by atoms with Crippen molar-refractivity contribution >= 4 is 43.6 Å². The average molecular weight is 861 g/mol. The zero-order valence-corrected chi connectivity index (χ0v) is 37.4. The third-order valence-electron chi connectivity index (χ3n) is 12.0. The lowest BCUT2D eigenvalue weighted by Gasteiger charge is -2.11. The summed E-state index contributed by atoms with van der Waals surface area (Å²) in [6, 6.07) is 54.0. The number of benzene rings is 6. The van der Waals surface area contributed by atoms with Crippen LogP contribution in [0.1, 0.15) is 38.8 Å². The predicted octanol–water partition coefficient (Wildman–Crippen LogP) is 14.8. The van der Waals surface area contributed by atoms with Crippen molar-refractivity contribution in [2.75, 3.05) is 0 Å². The van der Waals surface area contributed by atoms with E-state index in [0.29, 0.717) is 23.3 Å². The molecule has 66 heavy (non-hydrogen) atoms. The van der Waals surface area contributed by atoms with E-state index in [9.17, 15) is 0 Å². The summed E-state index contributed by atoms with van der Waals surface area (Å²) in [6.07, 6.45) is 9.61. The minimum absolute atomic E-state index is 0.567. The number of nitrogens with zero attached hydrogens (tertiary/aromatic N) is 6. The Balaban J connectivity index is 0.831. The van der Waals surface area contributed by atoms with Gasteiger partial charge in [-0.25, -0.2) is 9.97 Å². The Morgan fingerprint density at radius 1 is 0.379 bits per heavy atom. The van der Waals surface area contributed by atoms with Gasteiger partial charge in [-0.3, -0.25) is 19.1 Å². The molecule has 5 aromatic heterocycles. The van der Waals surface area contributed by atoms with Crippen LogP contribution in [0, 0.1) is 11.8 Å². The highest BCUT2D eigenvalue weighted by atomic mass is 16.5. The lowest BCUT2D eigenvalue weighted by atomic mass is 10.1. The fraction of sp³-hybridized carbons (Fsp3) is 0.138. The minimum atomic E-state index is 0.567. The monoisotopic (exact) mass is 860 g/mol. The highest BCUT2D eigenvalue weighted by Gasteiger charge is 2.17. The first kappa shape index (κ1) is 40.7. The van der Waals surface area contributed by atoms with Crippen molar-refractivity contribution in [2.24, 2.45) is 11.8 Å². The Hall–Kier alpha value is -8.10. The standard InChI is InChI=1S/C58H48N6O2/c1-37(2)27-39-19-25-57(61-33-39)63-53-17-7-5-15-47(53)49-23-21-45(31-55(49)63)65-43-13-9-11-41(29-43)51-35-60-52(36-59-51)42-12-10-14-44(30-42)66-46-22-24-50-48-16-6-8-18-54(48)64(56(50)32-46)58-26-20-40(34-62-58)28-38(3)4/h5-26,29-38H,27-28H2,1-4H3. The number of hydrogen-bond acceptors (Lipinski definition) is 6. The highest BCUT2D eigenvalue weighted by Crippen LogP contribution is 2.38. The van der Waals surface area contributed by atoms with E-state index >= 15 is 0 Å². The van der Waals surface area contributed by atoms with Gasteiger partial charge >= 0.3 is 0 Å². The van der Waals surface area contributed by atoms with E-state index in [1.165, 1.54) is 21.9 Å². The highest BCUT2D eigenvalue weighted by molar-refractivity contribution is 6.10. The second-order valence-electron chi connectivity index (χ2n) is 17.9. The van der Waals surface area contributed by atoms with Crippen molar-refractivity contribution < 1.29 is 9.47 Å². The normalized spacial score (nSPS) is 11.7. The molecule has 8 heteroatoms. The molecule has 0 spiro atoms. The predicted molar refractivity (Wildman–Crippen MR) is 267 cm³/mol. The maximum atomic E-state index is 6.54. The van der Waals surface area contributed by atoms with Crippen LogP contribution < -0.4 is 9.47 Å². The van der Waals surface area contributed by atoms with E-state index in [-0.39, 0.29) is 0 Å². The third kappa shape index (κ3) is 7.91. The second kappa shape index (κ2) is 17.1. The van der Waals surface area contributed by atoms with Crippen molar-refractivity contribution in [3.63, 3.8) is 0 Å². The molecule has 322 valence electrons. The molecule has 0 fully saturated rings. The van der Waals surface area contributed by atoms with Gasteiger partial charge in [-0.2, -0.15) is 0 Å². The van der Waals surface area contributed by atoms with E-state index in [2.05, 4.69) is 134 Å². The molecule has 6 aromatic carbocycles. The van der Waals surface area contributed by atoms with Gasteiger partial charge in [0.1, 0.15) is 34.6 Å². The molecule has 0 bridgehead atoms. The number of ether oxygens (including phenoxy) is 2. The van der Waals surface area contributed by atoms with E-state index in [0.717, 1.165) is 91.3 Å². The van der Waals surface area contributed by atoms with E-state index in [4.69, 9.17) is 29.4 Å². The summed E-state index contributed by atoms with van der Waals surface area (Å²) >= 11 is 0. The molecule has 0 aliphatic rings. The largest absolute Gasteiger partial charge is 0.457 e. The number of hydrogen-bond donors (Lipinski definition) is 0. The van der Waals surface area contributed by atoms with E-state index in [1.807, 2.05) is 85.5 Å². The van der Waals surface area contributed by atoms with Crippen molar-refractivity contribution in [1.82, 2.24) is 29.1 Å². The third-order valence-corrected chi connectivity index (χ3v) is 12.0. The Morgan fingerprint density at radius 3 is 1.21 bits per heavy atom. The molecule has 5 heterocycles. The molecule has 0 unspecified atom stereocenters. The summed E-state index contributed by atoms with van der Waals surface area (Å²) in [4.78, 5) is 19.5. The molecular formula is C58H48N6O2. The lowest BCUT2D eigenvalue weighted by molar-refractivity contribution is 0.483. The van der Waals surface area contributed by atoms with Gasteiger partial charge in [0.2, 0.25) is 0 Å². The second-order valence-corrected chi connectivity index (χ2v) is 17.9. The van der Waals surface area contributed by atoms with Crippen LogP contribution in [-0.4, -0.2) is 29.1 Å². The quantitative estimate of drug-likeness (QED) is 0.122. The summed E-state index contributed by atoms with van der Waals surface area (Å²) in [5.41, 5.74) is 10.0. The molecule has 0 atom stereocenters. The first-order valence-electron chi connectivity index (χ1n) is 22.7. The Labute approximate surface area is 383 Å². The molecule has 11 rings (SSSR count). The van der Waals surface area contributed by atoms with Gasteiger partial charge < -0.3 is 9.47 Å². The minimum Gasteiger partial charge on any atom is -0.457 e. The molecule has 0 N–H and O–H groups in total. The van der Waals surface area contributed by atoms with Gasteiger partial charge in [0, 0.05) is 57.2 Å². The van der Waals surface area contributed by atoms with Crippen molar-refractivity contribution in [3.8, 4) is 57.1 Å². The molecular weight excluding hydrogens is 813 g/mol. The van der Waals surface area contributed by atoms with Gasteiger partial charge in [0.25, 0.3) is 0 Å². The zero-order chi connectivity index (χ0) is 44.7. The zero-order valence-electron chi connectivity index (χ0n) is 37.4. The number of para-hydroxylation sites is 2. The average Bonchev–Trinajstić information content (AvgIpc) is 3.84. The van der Waals surface area contributed by atoms with Crippen LogP contribution in [0.5, 0.6) is 23.0 Å². The lowest BCUT2D eigenvalue weighted by Crippen LogP contribution is -2.00. The maximum absolute atomic E-state index is 6.54. The summed E-state index contributed by atoms with van der Waals surface area (Å²) in [7, 11) is 0. The van der Waals surface area contributed by atoms with Gasteiger partial charge in [0.05, 0.1) is 45.8 Å². The van der Waals surface area contributed by atoms with Gasteiger partial charge in [-0.1, -0.05) is 100 Å². The molecule has 0 saturated carbocycles. The number of fused-ring (bicyclic) bond motifs is 6. The van der Waals surface area contributed by atoms with Crippen LogP contribution in [0.3, 0.4) is 0 Å². The van der Waals surface area contributed by atoms with Crippen molar-refractivity contribution in [3.05, 3.63) is 194 Å². The summed E-state index contributed by atoms with van der Waals surface area (Å²) in [5, 5.41) is 4.63. The topological polar surface area (TPSA) is 79.9 Å². The first-order valence-corrected chi connectivity index (χ1v) is 22.7. The molecule has 0 aliphatic carbocycles. The summed E-state index contributed by atoms with van der Waals surface area (Å²) < 4.78 is 17.5. The van der Waals surface area contributed by atoms with Gasteiger partial charge in [-0.15, -0.1) is 0 Å². The number of aromatic nitrogens is 6. The van der Waals surface area contributed by atoms with E-state index in [1.54, 1.807) is 0 Å². The van der Waals surface area contributed by atoms with Crippen LogP contribution in [0.15, 0.2) is 183 Å². The SMILES string of the molecule is CC(C)Cc1ccc(-n2c3ccccc3c3ccc(Oc4cccc(-c5cnc(-c6cccc(Oc7ccc8c9ccccc9n(-c9ccc(CC(C)C)cn9)c8c7)c6)cn5)c4)cc32)nc1. The van der Waals surface area contributed by atoms with E-state index < -0.39 is 0 Å². The maximum Gasteiger partial charge on any atom is 0.137 e. The molecule has 0 radical (unpaired) electrons. The number of pyridine rings is 2. The fourth-order valence-electron chi connectivity index (χ4n) is 9.14.